The lowest BCUT2D eigenvalue weighted by molar-refractivity contribution is -0.134. The highest BCUT2D eigenvalue weighted by atomic mass is 16.5. The standard InChI is InChI=1S/C18H23NO3/c1-2-11-22-18-15-8-9-16(18)21-12-10-19(15)17(20)13-14-6-4-3-5-7-14/h2-7,15-16,18H,1,8-13H2. The lowest BCUT2D eigenvalue weighted by Crippen LogP contribution is -2.47. The Balaban J connectivity index is 1.71. The summed E-state index contributed by atoms with van der Waals surface area (Å²) in [5.74, 6) is 0.162. The lowest BCUT2D eigenvalue weighted by atomic mass is 10.1. The quantitative estimate of drug-likeness (QED) is 0.783. The first-order chi connectivity index (χ1) is 10.8. The molecule has 2 aliphatic rings. The van der Waals surface area contributed by atoms with Crippen LogP contribution in [0.5, 0.6) is 0 Å². The summed E-state index contributed by atoms with van der Waals surface area (Å²) in [5.41, 5.74) is 1.05. The average molecular weight is 301 g/mol. The van der Waals surface area contributed by atoms with Crippen LogP contribution in [0.2, 0.25) is 0 Å². The second-order valence-electron chi connectivity index (χ2n) is 5.89. The first kappa shape index (κ1) is 15.3. The van der Waals surface area contributed by atoms with Crippen molar-refractivity contribution in [3.63, 3.8) is 0 Å². The van der Waals surface area contributed by atoms with Gasteiger partial charge in [0, 0.05) is 6.54 Å². The molecular formula is C18H23NO3. The highest BCUT2D eigenvalue weighted by Crippen LogP contribution is 2.32. The summed E-state index contributed by atoms with van der Waals surface area (Å²) in [4.78, 5) is 14.7. The van der Waals surface area contributed by atoms with E-state index in [-0.39, 0.29) is 24.2 Å². The molecule has 0 aromatic heterocycles. The largest absolute Gasteiger partial charge is 0.374 e. The molecule has 3 rings (SSSR count). The fraction of sp³-hybridized carbons (Fsp3) is 0.500. The van der Waals surface area contributed by atoms with Crippen molar-refractivity contribution in [1.82, 2.24) is 4.90 Å². The summed E-state index contributed by atoms with van der Waals surface area (Å²) in [6, 6.07) is 10.0. The highest BCUT2D eigenvalue weighted by Gasteiger charge is 2.44. The van der Waals surface area contributed by atoms with Crippen LogP contribution < -0.4 is 0 Å². The second kappa shape index (κ2) is 7.07. The molecule has 1 heterocycles. The van der Waals surface area contributed by atoms with Crippen LogP contribution in [0.25, 0.3) is 0 Å². The van der Waals surface area contributed by atoms with Crippen LogP contribution in [-0.4, -0.2) is 48.8 Å². The Bertz CT molecular complexity index is 516. The predicted molar refractivity (Wildman–Crippen MR) is 84.6 cm³/mol. The number of fused-ring (bicyclic) bond motifs is 2. The monoisotopic (exact) mass is 301 g/mol. The van der Waals surface area contributed by atoms with Crippen molar-refractivity contribution in [2.75, 3.05) is 19.8 Å². The molecular weight excluding hydrogens is 278 g/mol. The Morgan fingerprint density at radius 1 is 1.36 bits per heavy atom. The number of hydrogen-bond acceptors (Lipinski definition) is 3. The van der Waals surface area contributed by atoms with E-state index in [0.29, 0.717) is 26.2 Å². The van der Waals surface area contributed by atoms with Crippen LogP contribution >= 0.6 is 0 Å². The van der Waals surface area contributed by atoms with E-state index in [4.69, 9.17) is 9.47 Å². The van der Waals surface area contributed by atoms with Gasteiger partial charge in [0.15, 0.2) is 0 Å². The van der Waals surface area contributed by atoms with Gasteiger partial charge < -0.3 is 14.4 Å². The van der Waals surface area contributed by atoms with E-state index in [2.05, 4.69) is 6.58 Å². The summed E-state index contributed by atoms with van der Waals surface area (Å²) in [7, 11) is 0. The van der Waals surface area contributed by atoms with Crippen molar-refractivity contribution >= 4 is 5.91 Å². The van der Waals surface area contributed by atoms with Crippen molar-refractivity contribution in [2.45, 2.75) is 37.5 Å². The molecule has 2 fully saturated rings. The van der Waals surface area contributed by atoms with Crippen molar-refractivity contribution < 1.29 is 14.3 Å². The van der Waals surface area contributed by atoms with Gasteiger partial charge in [-0.15, -0.1) is 6.58 Å². The Labute approximate surface area is 131 Å². The maximum absolute atomic E-state index is 12.7. The molecule has 22 heavy (non-hydrogen) atoms. The van der Waals surface area contributed by atoms with Crippen LogP contribution in [0, 0.1) is 0 Å². The second-order valence-corrected chi connectivity index (χ2v) is 5.89. The molecule has 1 saturated carbocycles. The van der Waals surface area contributed by atoms with Gasteiger partial charge in [-0.25, -0.2) is 0 Å². The van der Waals surface area contributed by atoms with Crippen molar-refractivity contribution in [1.29, 1.82) is 0 Å². The third-order valence-corrected chi connectivity index (χ3v) is 4.48. The lowest BCUT2D eigenvalue weighted by Gasteiger charge is -2.31. The molecule has 4 heteroatoms. The number of rotatable bonds is 5. The fourth-order valence-electron chi connectivity index (χ4n) is 3.47. The predicted octanol–water partition coefficient (Wildman–Crippen LogP) is 2.19. The van der Waals surface area contributed by atoms with Crippen LogP contribution in [-0.2, 0) is 20.7 Å². The van der Waals surface area contributed by atoms with Crippen LogP contribution in [0.15, 0.2) is 43.0 Å². The van der Waals surface area contributed by atoms with E-state index < -0.39 is 0 Å². The Morgan fingerprint density at radius 2 is 2.18 bits per heavy atom. The van der Waals surface area contributed by atoms with Crippen LogP contribution in [0.3, 0.4) is 0 Å². The third-order valence-electron chi connectivity index (χ3n) is 4.48. The number of ether oxygens (including phenoxy) is 2. The molecule has 3 unspecified atom stereocenters. The molecule has 118 valence electrons. The van der Waals surface area contributed by atoms with Gasteiger partial charge in [-0.3, -0.25) is 4.79 Å². The van der Waals surface area contributed by atoms with E-state index in [9.17, 15) is 4.79 Å². The molecule has 1 amide bonds. The number of benzene rings is 1. The van der Waals surface area contributed by atoms with E-state index in [1.807, 2.05) is 35.2 Å². The van der Waals surface area contributed by atoms with E-state index >= 15 is 0 Å². The zero-order chi connectivity index (χ0) is 15.4. The summed E-state index contributed by atoms with van der Waals surface area (Å²) in [6.07, 6.45) is 4.19. The minimum Gasteiger partial charge on any atom is -0.374 e. The molecule has 0 spiro atoms. The molecule has 2 bridgehead atoms. The highest BCUT2D eigenvalue weighted by molar-refractivity contribution is 5.79. The maximum Gasteiger partial charge on any atom is 0.227 e. The smallest absolute Gasteiger partial charge is 0.227 e. The molecule has 0 radical (unpaired) electrons. The van der Waals surface area contributed by atoms with Gasteiger partial charge in [-0.1, -0.05) is 36.4 Å². The van der Waals surface area contributed by atoms with Gasteiger partial charge in [0.25, 0.3) is 0 Å². The van der Waals surface area contributed by atoms with E-state index in [0.717, 1.165) is 18.4 Å². The minimum absolute atomic E-state index is 0.0276. The van der Waals surface area contributed by atoms with Gasteiger partial charge in [0.05, 0.1) is 31.8 Å². The van der Waals surface area contributed by atoms with Gasteiger partial charge in [0.2, 0.25) is 5.91 Å². The summed E-state index contributed by atoms with van der Waals surface area (Å²) >= 11 is 0. The van der Waals surface area contributed by atoms with Gasteiger partial charge in [-0.05, 0) is 18.4 Å². The molecule has 1 aromatic rings. The molecule has 1 aliphatic heterocycles. The first-order valence-corrected chi connectivity index (χ1v) is 7.97. The number of hydrogen-bond donors (Lipinski definition) is 0. The third kappa shape index (κ3) is 3.23. The average Bonchev–Trinajstić information content (AvgIpc) is 2.81. The Kier molecular flexibility index (Phi) is 4.90. The van der Waals surface area contributed by atoms with Crippen molar-refractivity contribution in [3.05, 3.63) is 48.6 Å². The van der Waals surface area contributed by atoms with Crippen molar-refractivity contribution in [2.24, 2.45) is 0 Å². The fourth-order valence-corrected chi connectivity index (χ4v) is 3.47. The number of nitrogens with zero attached hydrogens (tertiary/aromatic N) is 1. The number of amides is 1. The zero-order valence-electron chi connectivity index (χ0n) is 12.8. The van der Waals surface area contributed by atoms with Crippen molar-refractivity contribution in [3.8, 4) is 0 Å². The van der Waals surface area contributed by atoms with Gasteiger partial charge in [0.1, 0.15) is 6.10 Å². The summed E-state index contributed by atoms with van der Waals surface area (Å²) in [6.45, 7) is 5.45. The SMILES string of the molecule is C=CCOC1C2CCC1N(C(=O)Cc1ccccc1)CCO2. The maximum atomic E-state index is 12.7. The molecule has 1 aliphatic carbocycles. The van der Waals surface area contributed by atoms with Gasteiger partial charge in [-0.2, -0.15) is 0 Å². The Hall–Kier alpha value is -1.65. The minimum atomic E-state index is -0.0276. The molecule has 1 saturated heterocycles. The Morgan fingerprint density at radius 3 is 2.95 bits per heavy atom. The number of carbonyl (C=O) groups excluding carboxylic acids is 1. The van der Waals surface area contributed by atoms with E-state index in [1.54, 1.807) is 6.08 Å². The van der Waals surface area contributed by atoms with Crippen LogP contribution in [0.1, 0.15) is 18.4 Å². The van der Waals surface area contributed by atoms with Gasteiger partial charge >= 0.3 is 0 Å². The zero-order valence-corrected chi connectivity index (χ0v) is 12.8. The summed E-state index contributed by atoms with van der Waals surface area (Å²) < 4.78 is 11.8. The number of carbonyl (C=O) groups is 1. The summed E-state index contributed by atoms with van der Waals surface area (Å²) in [5, 5.41) is 0. The topological polar surface area (TPSA) is 38.8 Å². The molecule has 4 nitrogen and oxygen atoms in total. The first-order valence-electron chi connectivity index (χ1n) is 7.97. The normalized spacial score (nSPS) is 27.5. The molecule has 0 N–H and O–H groups in total. The van der Waals surface area contributed by atoms with E-state index in [1.165, 1.54) is 0 Å². The molecule has 1 aromatic carbocycles. The van der Waals surface area contributed by atoms with Crippen LogP contribution in [0.4, 0.5) is 0 Å². The molecule has 3 atom stereocenters.